The van der Waals surface area contributed by atoms with Crippen LogP contribution in [0, 0.1) is 0 Å². The van der Waals surface area contributed by atoms with Gasteiger partial charge in [-0.1, -0.05) is 30.3 Å². The molecule has 9 heteroatoms. The number of halogens is 1. The van der Waals surface area contributed by atoms with Crippen molar-refractivity contribution in [2.24, 2.45) is 0 Å². The number of fused-ring (bicyclic) bond motifs is 1. The Bertz CT molecular complexity index is 1060. The number of hydrogen-bond acceptors (Lipinski definition) is 5. The van der Waals surface area contributed by atoms with Crippen LogP contribution in [0.5, 0.6) is 0 Å². The second-order valence-electron chi connectivity index (χ2n) is 6.20. The van der Waals surface area contributed by atoms with Crippen molar-refractivity contribution in [2.75, 3.05) is 14.1 Å². The van der Waals surface area contributed by atoms with Crippen molar-refractivity contribution >= 4 is 44.4 Å². The second kappa shape index (κ2) is 8.18. The average Bonchev–Trinajstić information content (AvgIpc) is 2.98. The molecule has 3 aromatic rings. The number of sulfonamides is 1. The van der Waals surface area contributed by atoms with Crippen LogP contribution >= 0.6 is 23.4 Å². The Morgan fingerprint density at radius 3 is 2.70 bits per heavy atom. The number of pyridine rings is 1. The quantitative estimate of drug-likeness (QED) is 0.535. The molecule has 0 bridgehead atoms. The Balaban J connectivity index is 1.99. The number of imidazole rings is 1. The topological polar surface area (TPSA) is 68.1 Å². The fourth-order valence-corrected chi connectivity index (χ4v) is 4.76. The second-order valence-corrected chi connectivity index (χ2v) is 9.72. The van der Waals surface area contributed by atoms with Crippen molar-refractivity contribution in [1.82, 2.24) is 18.8 Å². The molecular weight excluding hydrogens is 404 g/mol. The third kappa shape index (κ3) is 4.13. The molecule has 0 N–H and O–H groups in total. The number of aromatic nitrogens is 3. The van der Waals surface area contributed by atoms with Crippen molar-refractivity contribution < 1.29 is 8.42 Å². The van der Waals surface area contributed by atoms with E-state index in [-0.39, 0.29) is 4.90 Å². The number of rotatable bonds is 7. The number of thioether (sulfide) groups is 1. The highest BCUT2D eigenvalue weighted by molar-refractivity contribution is 7.98. The van der Waals surface area contributed by atoms with Gasteiger partial charge in [-0.05, 0) is 36.8 Å². The van der Waals surface area contributed by atoms with Crippen molar-refractivity contribution in [3.8, 4) is 0 Å². The predicted octanol–water partition coefficient (Wildman–Crippen LogP) is 4.04. The highest BCUT2D eigenvalue weighted by atomic mass is 35.5. The summed E-state index contributed by atoms with van der Waals surface area (Å²) in [5.41, 5.74) is 1.60. The lowest BCUT2D eigenvalue weighted by atomic mass is 10.3. The van der Waals surface area contributed by atoms with Gasteiger partial charge in [0.05, 0.1) is 26.7 Å². The molecule has 144 valence electrons. The molecule has 6 nitrogen and oxygen atoms in total. The molecule has 2 aromatic heterocycles. The summed E-state index contributed by atoms with van der Waals surface area (Å²) in [7, 11) is -0.450. The first-order valence-corrected chi connectivity index (χ1v) is 11.3. The van der Waals surface area contributed by atoms with Crippen LogP contribution < -0.4 is 0 Å². The number of benzene rings is 1. The van der Waals surface area contributed by atoms with E-state index in [2.05, 4.69) is 16.5 Å². The van der Waals surface area contributed by atoms with E-state index in [1.54, 1.807) is 24.4 Å². The van der Waals surface area contributed by atoms with E-state index in [9.17, 15) is 8.42 Å². The van der Waals surface area contributed by atoms with Crippen LogP contribution in [0.4, 0.5) is 0 Å². The monoisotopic (exact) mass is 424 g/mol. The molecule has 0 saturated carbocycles. The number of aryl methyl sites for hydroxylation is 1. The van der Waals surface area contributed by atoms with Crippen LogP contribution in [-0.2, 0) is 22.3 Å². The standard InChI is InChI=1S/C18H21ClN4O2S2/c1-4-10-23-16-8-7-13(27(24,25)22(2)3)11-15(16)21-17(23)12-26-18-14(19)6-5-9-20-18/h5-9,11H,4,10,12H2,1-3H3. The zero-order valence-corrected chi connectivity index (χ0v) is 17.8. The zero-order valence-electron chi connectivity index (χ0n) is 15.4. The van der Waals surface area contributed by atoms with Crippen molar-refractivity contribution in [2.45, 2.75) is 35.6 Å². The molecule has 0 spiro atoms. The summed E-state index contributed by atoms with van der Waals surface area (Å²) in [5.74, 6) is 1.47. The molecule has 2 heterocycles. The van der Waals surface area contributed by atoms with Gasteiger partial charge in [0.1, 0.15) is 10.9 Å². The minimum atomic E-state index is -3.49. The van der Waals surface area contributed by atoms with E-state index in [4.69, 9.17) is 16.6 Å². The SMILES string of the molecule is CCCn1c(CSc2ncccc2Cl)nc2cc(S(=O)(=O)N(C)C)ccc21. The zero-order chi connectivity index (χ0) is 19.6. The minimum Gasteiger partial charge on any atom is -0.327 e. The van der Waals surface area contributed by atoms with Gasteiger partial charge in [-0.3, -0.25) is 0 Å². The van der Waals surface area contributed by atoms with Crippen LogP contribution in [0.3, 0.4) is 0 Å². The summed E-state index contributed by atoms with van der Waals surface area (Å²) in [6, 6.07) is 8.71. The van der Waals surface area contributed by atoms with Gasteiger partial charge in [-0.2, -0.15) is 0 Å². The third-order valence-corrected chi connectivity index (χ3v) is 7.32. The molecule has 0 radical (unpaired) electrons. The van der Waals surface area contributed by atoms with E-state index >= 15 is 0 Å². The average molecular weight is 425 g/mol. The minimum absolute atomic E-state index is 0.244. The molecule has 0 unspecified atom stereocenters. The van der Waals surface area contributed by atoms with Crippen LogP contribution in [0.15, 0.2) is 46.5 Å². The van der Waals surface area contributed by atoms with Gasteiger partial charge in [0.2, 0.25) is 10.0 Å². The summed E-state index contributed by atoms with van der Waals surface area (Å²) >= 11 is 7.71. The molecule has 0 aliphatic rings. The Hall–Kier alpha value is -1.61. The summed E-state index contributed by atoms with van der Waals surface area (Å²) in [6.45, 7) is 2.91. The van der Waals surface area contributed by atoms with Crippen LogP contribution in [0.2, 0.25) is 5.02 Å². The summed E-state index contributed by atoms with van der Waals surface area (Å²) in [4.78, 5) is 9.24. The van der Waals surface area contributed by atoms with Gasteiger partial charge >= 0.3 is 0 Å². The Kier molecular flexibility index (Phi) is 6.10. The molecule has 0 aliphatic heterocycles. The Morgan fingerprint density at radius 1 is 1.26 bits per heavy atom. The summed E-state index contributed by atoms with van der Waals surface area (Å²) < 4.78 is 28.1. The van der Waals surface area contributed by atoms with Crippen molar-refractivity contribution in [3.05, 3.63) is 47.4 Å². The molecule has 0 amide bonds. The highest BCUT2D eigenvalue weighted by Gasteiger charge is 2.20. The smallest absolute Gasteiger partial charge is 0.242 e. The summed E-state index contributed by atoms with van der Waals surface area (Å²) in [5, 5.41) is 1.37. The molecule has 0 aliphatic carbocycles. The van der Waals surface area contributed by atoms with Crippen molar-refractivity contribution in [1.29, 1.82) is 0 Å². The van der Waals surface area contributed by atoms with Gasteiger partial charge in [0, 0.05) is 26.8 Å². The van der Waals surface area contributed by atoms with Gasteiger partial charge < -0.3 is 4.57 Å². The molecule has 1 aromatic carbocycles. The predicted molar refractivity (Wildman–Crippen MR) is 110 cm³/mol. The Labute approximate surface area is 168 Å². The first kappa shape index (κ1) is 20.1. The largest absolute Gasteiger partial charge is 0.327 e. The van der Waals surface area contributed by atoms with Crippen LogP contribution in [0.1, 0.15) is 19.2 Å². The number of nitrogens with zero attached hydrogens (tertiary/aromatic N) is 4. The van der Waals surface area contributed by atoms with E-state index < -0.39 is 10.0 Å². The maximum Gasteiger partial charge on any atom is 0.242 e. The lowest BCUT2D eigenvalue weighted by molar-refractivity contribution is 0.521. The van der Waals surface area contributed by atoms with E-state index in [0.717, 1.165) is 29.3 Å². The first-order chi connectivity index (χ1) is 12.8. The summed E-state index contributed by atoms with van der Waals surface area (Å²) in [6.07, 6.45) is 2.66. The first-order valence-electron chi connectivity index (χ1n) is 8.49. The van der Waals surface area contributed by atoms with Crippen molar-refractivity contribution in [3.63, 3.8) is 0 Å². The van der Waals surface area contributed by atoms with E-state index in [1.165, 1.54) is 30.2 Å². The van der Waals surface area contributed by atoms with E-state index in [0.29, 0.717) is 16.3 Å². The molecule has 0 saturated heterocycles. The molecular formula is C18H21ClN4O2S2. The lowest BCUT2D eigenvalue weighted by Crippen LogP contribution is -2.22. The number of hydrogen-bond donors (Lipinski definition) is 0. The fraction of sp³-hybridized carbons (Fsp3) is 0.333. The fourth-order valence-electron chi connectivity index (χ4n) is 2.72. The molecule has 3 rings (SSSR count). The molecule has 0 atom stereocenters. The van der Waals surface area contributed by atoms with Gasteiger partial charge in [-0.15, -0.1) is 0 Å². The van der Waals surface area contributed by atoms with Gasteiger partial charge in [-0.25, -0.2) is 22.7 Å². The maximum absolute atomic E-state index is 12.4. The molecule has 27 heavy (non-hydrogen) atoms. The van der Waals surface area contributed by atoms with Gasteiger partial charge in [0.25, 0.3) is 0 Å². The normalized spacial score (nSPS) is 12.2. The van der Waals surface area contributed by atoms with Crippen LogP contribution in [-0.4, -0.2) is 41.4 Å². The molecule has 0 fully saturated rings. The highest BCUT2D eigenvalue weighted by Crippen LogP contribution is 2.29. The Morgan fingerprint density at radius 2 is 2.04 bits per heavy atom. The lowest BCUT2D eigenvalue weighted by Gasteiger charge is -2.11. The van der Waals surface area contributed by atoms with Crippen LogP contribution in [0.25, 0.3) is 11.0 Å². The maximum atomic E-state index is 12.4. The van der Waals surface area contributed by atoms with Gasteiger partial charge in [0.15, 0.2) is 0 Å². The third-order valence-electron chi connectivity index (χ3n) is 4.09. The van der Waals surface area contributed by atoms with E-state index in [1.807, 2.05) is 12.1 Å².